The Hall–Kier alpha value is -8.21. The van der Waals surface area contributed by atoms with E-state index in [2.05, 4.69) is 0 Å². The summed E-state index contributed by atoms with van der Waals surface area (Å²) >= 11 is 0. The van der Waals surface area contributed by atoms with Crippen molar-refractivity contribution in [3.05, 3.63) is 77.9 Å². The van der Waals surface area contributed by atoms with Gasteiger partial charge in [0.25, 0.3) is 0 Å². The number of esters is 2. The van der Waals surface area contributed by atoms with E-state index in [-0.39, 0.29) is 56.8 Å². The number of phenolic OH excluding ortho intramolecular Hbond substituents is 5. The van der Waals surface area contributed by atoms with Crippen molar-refractivity contribution < 1.29 is 147 Å². The number of aromatic hydroxyl groups is 5. The van der Waals surface area contributed by atoms with Gasteiger partial charge in [0, 0.05) is 36.4 Å². The first-order chi connectivity index (χ1) is 40.5. The van der Waals surface area contributed by atoms with Gasteiger partial charge in [0.05, 0.1) is 46.7 Å². The lowest BCUT2D eigenvalue weighted by atomic mass is 9.99. The number of hydrogen-bond donors (Lipinski definition) is 15. The lowest BCUT2D eigenvalue weighted by Crippen LogP contribution is -2.60. The molecule has 5 aromatic rings. The molecule has 1 aromatic heterocycles. The predicted molar refractivity (Wildman–Crippen MR) is 282 cm³/mol. The Morgan fingerprint density at radius 3 is 1.34 bits per heavy atom. The molecule has 0 amide bonds. The van der Waals surface area contributed by atoms with Crippen molar-refractivity contribution in [2.24, 2.45) is 0 Å². The first-order valence-corrected chi connectivity index (χ1v) is 25.5. The second-order valence-corrected chi connectivity index (χ2v) is 19.2. The smallest absolute Gasteiger partial charge is 0.402 e. The molecule has 6 unspecified atom stereocenters. The van der Waals surface area contributed by atoms with Crippen LogP contribution in [0, 0.1) is 0 Å². The van der Waals surface area contributed by atoms with E-state index in [4.69, 9.17) is 61.3 Å². The Morgan fingerprint density at radius 2 is 0.894 bits per heavy atom. The highest BCUT2D eigenvalue weighted by Gasteiger charge is 2.49. The summed E-state index contributed by atoms with van der Waals surface area (Å²) in [6, 6.07) is 10.6. The van der Waals surface area contributed by atoms with E-state index < -0.39 is 158 Å². The number of fused-ring (bicyclic) bond motifs is 1. The molecule has 0 aliphatic carbocycles. The molecule has 3 fully saturated rings. The quantitative estimate of drug-likeness (QED) is 0.0192. The summed E-state index contributed by atoms with van der Waals surface area (Å²) in [5.74, 6) is -7.11. The molecule has 15 atom stereocenters. The van der Waals surface area contributed by atoms with Gasteiger partial charge in [0.1, 0.15) is 103 Å². The zero-order valence-corrected chi connectivity index (χ0v) is 45.1. The van der Waals surface area contributed by atoms with Gasteiger partial charge in [-0.25, -0.2) is 14.0 Å². The van der Waals surface area contributed by atoms with Gasteiger partial charge in [-0.05, 0) is 47.5 Å². The Bertz CT molecular complexity index is 3210. The second-order valence-electron chi connectivity index (χ2n) is 19.2. The largest absolute Gasteiger partial charge is 0.507 e. The number of rotatable bonds is 20. The minimum Gasteiger partial charge on any atom is -0.507 e. The van der Waals surface area contributed by atoms with Crippen LogP contribution in [-0.2, 0) is 33.3 Å². The number of carbonyl (C=O) groups is 2. The molecule has 3 saturated heterocycles. The van der Waals surface area contributed by atoms with Crippen LogP contribution in [-0.4, -0.2) is 229 Å². The predicted octanol–water partition coefficient (Wildman–Crippen LogP) is -0.992. The van der Waals surface area contributed by atoms with Gasteiger partial charge in [-0.2, -0.15) is 0 Å². The Labute approximate surface area is 480 Å². The highest BCUT2D eigenvalue weighted by molar-refractivity contribution is 5.90. The van der Waals surface area contributed by atoms with Crippen LogP contribution in [0.4, 0.5) is 0 Å². The Morgan fingerprint density at radius 1 is 0.471 bits per heavy atom. The summed E-state index contributed by atoms with van der Waals surface area (Å²) in [6.45, 7) is -2.35. The number of benzene rings is 4. The average molecular weight is 1200 g/mol. The molecule has 3 aliphatic heterocycles. The zero-order chi connectivity index (χ0) is 61.7. The molecule has 30 heteroatoms. The highest BCUT2D eigenvalue weighted by Crippen LogP contribution is 2.47. The maximum atomic E-state index is 12.8. The standard InChI is InChI=1S/C55H60O30/c1-73-29-9-21(10-30(74-2)41(29)62)5-7-38(59)77-19-36-44(65)47(68)49(70)53(84-36)79-24-15-26(57)25-17-34(82-55-50(71)46(67)43(64)35(18-56)83-55)52(80-28(25)16-24)23-13-27(58)40(61)33(14-23)81-54-51(72)48(69)45(66)37(85-54)20-78-39(60)8-6-22-11-31(75-3)42(63)32(12-22)76-4/h5-17,35-37,43-51,53-56,64-72H,18-20H2,1-4H3,(H4-,57,58,59,60,61,62,63)/p+1/t35?,36?,37?,43-,44-,45-,46+,47+,48+,49?,50?,51?,53-,54-,55-/m1/s1. The summed E-state index contributed by atoms with van der Waals surface area (Å²) in [5.41, 5.74) is 0.0437. The molecule has 0 spiro atoms. The third-order valence-corrected chi connectivity index (χ3v) is 13.7. The van der Waals surface area contributed by atoms with Gasteiger partial charge in [-0.3, -0.25) is 0 Å². The normalized spacial score (nSPS) is 27.8. The fourth-order valence-electron chi connectivity index (χ4n) is 8.97. The lowest BCUT2D eigenvalue weighted by molar-refractivity contribution is -0.278. The van der Waals surface area contributed by atoms with Crippen LogP contribution < -0.4 is 33.2 Å². The number of aliphatic hydroxyl groups excluding tert-OH is 10. The van der Waals surface area contributed by atoms with Crippen molar-refractivity contribution in [2.75, 3.05) is 48.3 Å². The van der Waals surface area contributed by atoms with Crippen LogP contribution in [0.25, 0.3) is 34.4 Å². The molecule has 3 aliphatic rings. The molecule has 85 heavy (non-hydrogen) atoms. The van der Waals surface area contributed by atoms with Gasteiger partial charge >= 0.3 is 23.3 Å². The molecule has 4 aromatic carbocycles. The van der Waals surface area contributed by atoms with Gasteiger partial charge in [0.15, 0.2) is 34.5 Å². The van der Waals surface area contributed by atoms with Crippen LogP contribution in [0.2, 0.25) is 0 Å². The second kappa shape index (κ2) is 26.8. The van der Waals surface area contributed by atoms with E-state index in [0.717, 1.165) is 42.5 Å². The third-order valence-electron chi connectivity index (χ3n) is 13.7. The fraction of sp³-hybridized carbons (Fsp3) is 0.400. The number of carbonyl (C=O) groups excluding carboxylic acids is 2. The number of methoxy groups -OCH3 is 4. The highest BCUT2D eigenvalue weighted by atomic mass is 16.7. The molecule has 30 nitrogen and oxygen atoms in total. The molecule has 0 bridgehead atoms. The SMILES string of the molecule is COc1cc(/C=C/C(=O)OCC2O[C@@H](Oc3cc(O)c4cc(O[C@@H]5OC(CO)[C@@H](O)[C@H](O)C5O)c(-c5cc(O)c(O)c(O[C@@H]6OC(COC(=O)/C=C/c7cc(OC)c(O)c(OC)c7)[C@@H](O)[C@H](O)C6O)c5)[o+]c4c3)C(O)[C@@H](O)[C@@H]2O)cc(OC)c1O. The van der Waals surface area contributed by atoms with Crippen molar-refractivity contribution in [2.45, 2.75) is 92.1 Å². The Kier molecular flexibility index (Phi) is 19.8. The van der Waals surface area contributed by atoms with E-state index in [9.17, 15) is 86.2 Å². The van der Waals surface area contributed by atoms with E-state index in [1.54, 1.807) is 0 Å². The Balaban J connectivity index is 1.06. The first-order valence-electron chi connectivity index (χ1n) is 25.5. The maximum Gasteiger partial charge on any atom is 0.402 e. The van der Waals surface area contributed by atoms with Crippen LogP contribution in [0.15, 0.2) is 71.2 Å². The number of phenols is 5. The average Bonchev–Trinajstić information content (AvgIpc) is 1.32. The maximum absolute atomic E-state index is 12.8. The van der Waals surface area contributed by atoms with Crippen LogP contribution in [0.5, 0.6) is 69.0 Å². The minimum atomic E-state index is -2.10. The van der Waals surface area contributed by atoms with E-state index in [0.29, 0.717) is 11.1 Å². The van der Waals surface area contributed by atoms with E-state index >= 15 is 0 Å². The molecule has 15 N–H and O–H groups in total. The van der Waals surface area contributed by atoms with Gasteiger partial charge < -0.3 is 133 Å². The van der Waals surface area contributed by atoms with E-state index in [1.165, 1.54) is 64.9 Å². The fourth-order valence-corrected chi connectivity index (χ4v) is 8.97. The molecule has 8 rings (SSSR count). The number of ether oxygens (including phenoxy) is 12. The monoisotopic (exact) mass is 1200 g/mol. The minimum absolute atomic E-state index is 0.0295. The molecule has 0 radical (unpaired) electrons. The topological polar surface area (TPSA) is 460 Å². The first kappa shape index (κ1) is 62.8. The third kappa shape index (κ3) is 13.7. The van der Waals surface area contributed by atoms with Crippen LogP contribution in [0.3, 0.4) is 0 Å². The van der Waals surface area contributed by atoms with Crippen molar-refractivity contribution in [1.29, 1.82) is 0 Å². The molecule has 460 valence electrons. The van der Waals surface area contributed by atoms with Gasteiger partial charge in [0.2, 0.25) is 41.9 Å². The summed E-state index contributed by atoms with van der Waals surface area (Å²) in [6.07, 6.45) is -23.6. The van der Waals surface area contributed by atoms with Crippen LogP contribution >= 0.6 is 0 Å². The number of hydrogen-bond acceptors (Lipinski definition) is 29. The molecule has 0 saturated carbocycles. The summed E-state index contributed by atoms with van der Waals surface area (Å²) in [4.78, 5) is 25.6. The van der Waals surface area contributed by atoms with E-state index in [1.807, 2.05) is 0 Å². The summed E-state index contributed by atoms with van der Waals surface area (Å²) in [5, 5.41) is 161. The summed E-state index contributed by atoms with van der Waals surface area (Å²) < 4.78 is 71.7. The van der Waals surface area contributed by atoms with Crippen LogP contribution in [0.1, 0.15) is 11.1 Å². The van der Waals surface area contributed by atoms with Crippen molar-refractivity contribution in [3.63, 3.8) is 0 Å². The number of aliphatic hydroxyl groups is 10. The van der Waals surface area contributed by atoms with Crippen molar-refractivity contribution in [3.8, 4) is 80.3 Å². The zero-order valence-electron chi connectivity index (χ0n) is 45.1. The molecular weight excluding hydrogens is 1140 g/mol. The van der Waals surface area contributed by atoms with Gasteiger partial charge in [-0.1, -0.05) is 0 Å². The molecule has 4 heterocycles. The summed E-state index contributed by atoms with van der Waals surface area (Å²) in [7, 11) is 5.21. The lowest BCUT2D eigenvalue weighted by Gasteiger charge is -2.39. The van der Waals surface area contributed by atoms with Crippen molar-refractivity contribution in [1.82, 2.24) is 0 Å². The van der Waals surface area contributed by atoms with Crippen molar-refractivity contribution >= 4 is 35.1 Å². The molecular formula is C55H61O30+. The van der Waals surface area contributed by atoms with Gasteiger partial charge in [-0.15, -0.1) is 0 Å².